The molecule has 1 N–H and O–H groups in total. The molecule has 6 heteroatoms. The summed E-state index contributed by atoms with van der Waals surface area (Å²) in [6.07, 6.45) is 7.65. The van der Waals surface area contributed by atoms with Crippen LogP contribution in [0.2, 0.25) is 0 Å². The van der Waals surface area contributed by atoms with Gasteiger partial charge < -0.3 is 5.32 Å². The van der Waals surface area contributed by atoms with Gasteiger partial charge in [-0.25, -0.2) is 0 Å². The van der Waals surface area contributed by atoms with Gasteiger partial charge >= 0.3 is 0 Å². The largest absolute Gasteiger partial charge is 0.351 e. The third-order valence-electron chi connectivity index (χ3n) is 7.85. The molecule has 0 bridgehead atoms. The Kier molecular flexibility index (Phi) is 6.69. The average Bonchev–Trinajstić information content (AvgIpc) is 3.13. The quantitative estimate of drug-likeness (QED) is 0.474. The topological polar surface area (TPSA) is 67.2 Å². The first-order chi connectivity index (χ1) is 17.4. The average molecular weight is 485 g/mol. The number of aryl methyl sites for hydroxylation is 2. The van der Waals surface area contributed by atoms with Gasteiger partial charge in [-0.2, -0.15) is 5.10 Å². The van der Waals surface area contributed by atoms with Crippen molar-refractivity contribution in [1.82, 2.24) is 15.1 Å². The van der Waals surface area contributed by atoms with E-state index in [-0.39, 0.29) is 17.9 Å². The molecular weight excluding hydrogens is 448 g/mol. The summed E-state index contributed by atoms with van der Waals surface area (Å²) in [5.74, 6) is -0.306. The van der Waals surface area contributed by atoms with Gasteiger partial charge in [-0.3, -0.25) is 19.2 Å². The molecule has 0 radical (unpaired) electrons. The van der Waals surface area contributed by atoms with Crippen molar-refractivity contribution in [2.24, 2.45) is 0 Å². The lowest BCUT2D eigenvalue weighted by molar-refractivity contribution is -0.127. The van der Waals surface area contributed by atoms with Crippen molar-refractivity contribution in [2.75, 3.05) is 4.90 Å². The summed E-state index contributed by atoms with van der Waals surface area (Å²) < 4.78 is 1.73. The zero-order valence-corrected chi connectivity index (χ0v) is 21.6. The van der Waals surface area contributed by atoms with Crippen molar-refractivity contribution in [3.63, 3.8) is 0 Å². The second kappa shape index (κ2) is 9.92. The Morgan fingerprint density at radius 2 is 1.75 bits per heavy atom. The van der Waals surface area contributed by atoms with E-state index >= 15 is 0 Å². The fourth-order valence-electron chi connectivity index (χ4n) is 5.59. The monoisotopic (exact) mass is 484 g/mol. The van der Waals surface area contributed by atoms with Crippen molar-refractivity contribution >= 4 is 17.5 Å². The maximum absolute atomic E-state index is 14.1. The van der Waals surface area contributed by atoms with E-state index in [1.165, 1.54) is 18.4 Å². The zero-order valence-electron chi connectivity index (χ0n) is 21.6. The van der Waals surface area contributed by atoms with Crippen LogP contribution in [-0.2, 0) is 17.8 Å². The molecule has 2 aliphatic rings. The van der Waals surface area contributed by atoms with Gasteiger partial charge in [-0.1, -0.05) is 75.1 Å². The number of rotatable bonds is 5. The van der Waals surface area contributed by atoms with Gasteiger partial charge in [0.15, 0.2) is 0 Å². The highest BCUT2D eigenvalue weighted by Gasteiger charge is 2.49. The van der Waals surface area contributed by atoms with Crippen molar-refractivity contribution in [3.05, 3.63) is 71.4 Å². The predicted octanol–water partition coefficient (Wildman–Crippen LogP) is 5.68. The molecule has 0 unspecified atom stereocenters. The summed E-state index contributed by atoms with van der Waals surface area (Å²) in [6.45, 7) is 6.29. The minimum atomic E-state index is -1.10. The lowest BCUT2D eigenvalue weighted by atomic mass is 9.92. The van der Waals surface area contributed by atoms with Gasteiger partial charge in [0, 0.05) is 17.3 Å². The van der Waals surface area contributed by atoms with Crippen LogP contribution in [0.5, 0.6) is 0 Å². The van der Waals surface area contributed by atoms with Crippen LogP contribution >= 0.6 is 0 Å². The van der Waals surface area contributed by atoms with Gasteiger partial charge in [0.05, 0.1) is 12.2 Å². The summed E-state index contributed by atoms with van der Waals surface area (Å²) in [5, 5.41) is 8.12. The molecule has 0 spiro atoms. The number of carbonyl (C=O) groups is 2. The second-order valence-electron chi connectivity index (χ2n) is 10.5. The standard InChI is InChI=1S/C30H36N4O2/c1-4-22-15-17-23(18-16-22)25-19-27-28(35)34(26-14-10-9-11-21(26)2)30(3,20-33(27)32-25)29(36)31-24-12-7-5-6-8-13-24/h9-11,14-19,24H,4-8,12-13,20H2,1-3H3,(H,31,36)/t30-/m1/s1. The molecule has 2 amide bonds. The van der Waals surface area contributed by atoms with Crippen LogP contribution in [-0.4, -0.2) is 33.2 Å². The van der Waals surface area contributed by atoms with Crippen LogP contribution < -0.4 is 10.2 Å². The normalized spacial score (nSPS) is 20.6. The van der Waals surface area contributed by atoms with Gasteiger partial charge in [-0.15, -0.1) is 0 Å². The zero-order chi connectivity index (χ0) is 25.3. The number of aromatic nitrogens is 2. The maximum atomic E-state index is 14.1. The van der Waals surface area contributed by atoms with E-state index in [0.717, 1.165) is 54.6 Å². The SMILES string of the molecule is CCc1ccc(-c2cc3n(n2)C[C@](C)(C(=O)NC2CCCCCC2)N(c2ccccc2C)C3=O)cc1. The summed E-state index contributed by atoms with van der Waals surface area (Å²) >= 11 is 0. The number of hydrogen-bond acceptors (Lipinski definition) is 3. The summed E-state index contributed by atoms with van der Waals surface area (Å²) in [6, 6.07) is 18.1. The van der Waals surface area contributed by atoms with E-state index in [1.807, 2.05) is 44.2 Å². The molecule has 1 atom stereocenters. The number of hydrogen-bond donors (Lipinski definition) is 1. The van der Waals surface area contributed by atoms with Crippen molar-refractivity contribution in [3.8, 4) is 11.3 Å². The van der Waals surface area contributed by atoms with Crippen LogP contribution in [0.25, 0.3) is 11.3 Å². The molecule has 188 valence electrons. The first kappa shape index (κ1) is 24.3. The molecule has 2 aromatic carbocycles. The van der Waals surface area contributed by atoms with E-state index < -0.39 is 5.54 Å². The summed E-state index contributed by atoms with van der Waals surface area (Å²) in [4.78, 5) is 29.7. The second-order valence-corrected chi connectivity index (χ2v) is 10.5. The highest BCUT2D eigenvalue weighted by molar-refractivity contribution is 6.12. The predicted molar refractivity (Wildman–Crippen MR) is 143 cm³/mol. The van der Waals surface area contributed by atoms with E-state index in [9.17, 15) is 9.59 Å². The molecule has 1 saturated carbocycles. The molecular formula is C30H36N4O2. The van der Waals surface area contributed by atoms with Gasteiger partial charge in [0.25, 0.3) is 5.91 Å². The van der Waals surface area contributed by atoms with Gasteiger partial charge in [0.2, 0.25) is 5.91 Å². The molecule has 0 saturated heterocycles. The van der Waals surface area contributed by atoms with Crippen LogP contribution in [0, 0.1) is 6.92 Å². The van der Waals surface area contributed by atoms with E-state index in [1.54, 1.807) is 9.58 Å². The van der Waals surface area contributed by atoms with Crippen LogP contribution in [0.4, 0.5) is 5.69 Å². The lowest BCUT2D eigenvalue weighted by Gasteiger charge is -2.44. The Balaban J connectivity index is 1.54. The number of fused-ring (bicyclic) bond motifs is 1. The van der Waals surface area contributed by atoms with E-state index in [0.29, 0.717) is 12.2 Å². The number of nitrogens with one attached hydrogen (secondary N) is 1. The third-order valence-corrected chi connectivity index (χ3v) is 7.85. The number of benzene rings is 2. The number of amides is 2. The summed E-state index contributed by atoms with van der Waals surface area (Å²) in [7, 11) is 0. The first-order valence-electron chi connectivity index (χ1n) is 13.3. The van der Waals surface area contributed by atoms with Crippen LogP contribution in [0.1, 0.15) is 74.0 Å². The molecule has 3 aromatic rings. The van der Waals surface area contributed by atoms with Crippen LogP contribution in [0.3, 0.4) is 0 Å². The van der Waals surface area contributed by atoms with Crippen molar-refractivity contribution in [1.29, 1.82) is 0 Å². The third kappa shape index (κ3) is 4.45. The van der Waals surface area contributed by atoms with Crippen molar-refractivity contribution in [2.45, 2.75) is 83.8 Å². The Hall–Kier alpha value is -3.41. The van der Waals surface area contributed by atoms with E-state index in [4.69, 9.17) is 5.10 Å². The van der Waals surface area contributed by atoms with Crippen molar-refractivity contribution < 1.29 is 9.59 Å². The van der Waals surface area contributed by atoms with Crippen LogP contribution in [0.15, 0.2) is 54.6 Å². The molecule has 5 rings (SSSR count). The smallest absolute Gasteiger partial charge is 0.277 e. The van der Waals surface area contributed by atoms with Gasteiger partial charge in [-0.05, 0) is 56.4 Å². The minimum Gasteiger partial charge on any atom is -0.351 e. The molecule has 1 aromatic heterocycles. The number of carbonyl (C=O) groups excluding carboxylic acids is 2. The Labute approximate surface area is 213 Å². The Morgan fingerprint density at radius 3 is 2.42 bits per heavy atom. The maximum Gasteiger partial charge on any atom is 0.277 e. The Bertz CT molecular complexity index is 1250. The number of anilines is 1. The highest BCUT2D eigenvalue weighted by Crippen LogP contribution is 2.36. The minimum absolute atomic E-state index is 0.110. The Morgan fingerprint density at radius 1 is 1.06 bits per heavy atom. The fourth-order valence-corrected chi connectivity index (χ4v) is 5.59. The molecule has 2 heterocycles. The first-order valence-corrected chi connectivity index (χ1v) is 13.3. The molecule has 36 heavy (non-hydrogen) atoms. The highest BCUT2D eigenvalue weighted by atomic mass is 16.2. The molecule has 1 fully saturated rings. The van der Waals surface area contributed by atoms with E-state index in [2.05, 4.69) is 36.5 Å². The summed E-state index contributed by atoms with van der Waals surface area (Å²) in [5.41, 5.74) is 4.11. The molecule has 1 aliphatic carbocycles. The fraction of sp³-hybridized carbons (Fsp3) is 0.433. The van der Waals surface area contributed by atoms with Gasteiger partial charge in [0.1, 0.15) is 11.2 Å². The molecule has 1 aliphatic heterocycles. The molecule has 6 nitrogen and oxygen atoms in total. The lowest BCUT2D eigenvalue weighted by Crippen LogP contribution is -2.65. The number of para-hydroxylation sites is 1. The number of nitrogens with zero attached hydrogens (tertiary/aromatic N) is 3.